The second-order valence-corrected chi connectivity index (χ2v) is 17.9. The molecule has 2 heteroatoms. The molecule has 0 aliphatic heterocycles. The largest absolute Gasteiger partial charge is 0.456 e. The number of hydrogen-bond acceptors (Lipinski definition) is 2. The first-order chi connectivity index (χ1) is 26.3. The standard InChI is InChI=1S/C53H49NO/c1-51(2,3)37-31-42-49-47(24-17-25-48(49)55-50(42)45(32-37)52(4,5)6)54(38-27-28-40-39-22-15-16-23-43(39)53(7,8)44(40)33-38)46-29-26-36(34-18-11-9-12-19-34)30-41(46)35-20-13-10-14-21-35/h9-33H,1-8H3. The van der Waals surface area contributed by atoms with Gasteiger partial charge in [-0.3, -0.25) is 0 Å². The van der Waals surface area contributed by atoms with Crippen LogP contribution in [-0.4, -0.2) is 0 Å². The number of nitrogens with zero attached hydrogens (tertiary/aromatic N) is 1. The second kappa shape index (κ2) is 12.6. The van der Waals surface area contributed by atoms with Gasteiger partial charge in [0.2, 0.25) is 0 Å². The summed E-state index contributed by atoms with van der Waals surface area (Å²) >= 11 is 0. The molecule has 8 aromatic rings. The van der Waals surface area contributed by atoms with Crippen LogP contribution < -0.4 is 4.90 Å². The van der Waals surface area contributed by atoms with E-state index in [2.05, 4.69) is 212 Å². The molecular weight excluding hydrogens is 667 g/mol. The minimum Gasteiger partial charge on any atom is -0.456 e. The van der Waals surface area contributed by atoms with Gasteiger partial charge < -0.3 is 9.32 Å². The van der Waals surface area contributed by atoms with Crippen LogP contribution in [0.3, 0.4) is 0 Å². The highest BCUT2D eigenvalue weighted by molar-refractivity contribution is 6.15. The molecule has 0 bridgehead atoms. The van der Waals surface area contributed by atoms with E-state index in [0.717, 1.165) is 39.0 Å². The molecule has 0 unspecified atom stereocenters. The average molecular weight is 716 g/mol. The summed E-state index contributed by atoms with van der Waals surface area (Å²) in [5.41, 5.74) is 17.5. The number of fused-ring (bicyclic) bond motifs is 6. The number of anilines is 3. The summed E-state index contributed by atoms with van der Waals surface area (Å²) in [6, 6.07) is 55.8. The number of furan rings is 1. The van der Waals surface area contributed by atoms with Crippen LogP contribution in [0.1, 0.15) is 77.6 Å². The van der Waals surface area contributed by atoms with Gasteiger partial charge in [-0.05, 0) is 97.8 Å². The summed E-state index contributed by atoms with van der Waals surface area (Å²) < 4.78 is 6.95. The molecule has 1 heterocycles. The highest BCUT2D eigenvalue weighted by Gasteiger charge is 2.36. The molecule has 0 spiro atoms. The Morgan fingerprint density at radius 1 is 0.491 bits per heavy atom. The van der Waals surface area contributed by atoms with E-state index in [1.165, 1.54) is 55.6 Å². The molecule has 1 aliphatic carbocycles. The first kappa shape index (κ1) is 34.9. The molecule has 9 rings (SSSR count). The van der Waals surface area contributed by atoms with Gasteiger partial charge in [0.15, 0.2) is 0 Å². The van der Waals surface area contributed by atoms with Crippen molar-refractivity contribution >= 4 is 39.0 Å². The second-order valence-electron chi connectivity index (χ2n) is 17.9. The van der Waals surface area contributed by atoms with E-state index in [1.807, 2.05) is 0 Å². The van der Waals surface area contributed by atoms with Crippen molar-refractivity contribution in [2.24, 2.45) is 0 Å². The van der Waals surface area contributed by atoms with E-state index in [0.29, 0.717) is 0 Å². The molecule has 0 saturated heterocycles. The fraction of sp³-hybridized carbons (Fsp3) is 0.208. The third kappa shape index (κ3) is 5.78. The molecule has 0 radical (unpaired) electrons. The van der Waals surface area contributed by atoms with Gasteiger partial charge in [-0.15, -0.1) is 0 Å². The van der Waals surface area contributed by atoms with Crippen molar-refractivity contribution in [2.45, 2.75) is 71.6 Å². The summed E-state index contributed by atoms with van der Waals surface area (Å²) in [6.07, 6.45) is 0. The van der Waals surface area contributed by atoms with E-state index >= 15 is 0 Å². The van der Waals surface area contributed by atoms with Crippen LogP contribution in [0.2, 0.25) is 0 Å². The van der Waals surface area contributed by atoms with Crippen molar-refractivity contribution in [1.29, 1.82) is 0 Å². The zero-order chi connectivity index (χ0) is 38.3. The van der Waals surface area contributed by atoms with Crippen molar-refractivity contribution in [3.05, 3.63) is 174 Å². The lowest BCUT2D eigenvalue weighted by Gasteiger charge is -2.31. The lowest BCUT2D eigenvalue weighted by atomic mass is 9.79. The van der Waals surface area contributed by atoms with E-state index in [1.54, 1.807) is 0 Å². The third-order valence-electron chi connectivity index (χ3n) is 11.7. The van der Waals surface area contributed by atoms with Gasteiger partial charge in [0.25, 0.3) is 0 Å². The van der Waals surface area contributed by atoms with E-state index < -0.39 is 0 Å². The Bertz CT molecular complexity index is 2740. The van der Waals surface area contributed by atoms with Crippen molar-refractivity contribution in [2.75, 3.05) is 4.90 Å². The van der Waals surface area contributed by atoms with Gasteiger partial charge in [0.05, 0.1) is 16.8 Å². The fourth-order valence-electron chi connectivity index (χ4n) is 8.72. The Morgan fingerprint density at radius 2 is 1.16 bits per heavy atom. The topological polar surface area (TPSA) is 16.4 Å². The van der Waals surface area contributed by atoms with Crippen LogP contribution in [0.15, 0.2) is 156 Å². The van der Waals surface area contributed by atoms with Crippen LogP contribution >= 0.6 is 0 Å². The molecule has 0 saturated carbocycles. The lowest BCUT2D eigenvalue weighted by Crippen LogP contribution is -2.17. The highest BCUT2D eigenvalue weighted by Crippen LogP contribution is 2.53. The first-order valence-electron chi connectivity index (χ1n) is 19.6. The normalized spacial score (nSPS) is 13.6. The maximum Gasteiger partial charge on any atom is 0.139 e. The van der Waals surface area contributed by atoms with Gasteiger partial charge in [-0.1, -0.05) is 165 Å². The van der Waals surface area contributed by atoms with Crippen LogP contribution in [0.4, 0.5) is 17.1 Å². The van der Waals surface area contributed by atoms with Gasteiger partial charge >= 0.3 is 0 Å². The van der Waals surface area contributed by atoms with E-state index in [4.69, 9.17) is 4.42 Å². The Balaban J connectivity index is 1.38. The van der Waals surface area contributed by atoms with Gasteiger partial charge in [-0.2, -0.15) is 0 Å². The molecular formula is C53H49NO. The number of benzene rings is 7. The molecule has 0 fully saturated rings. The molecule has 0 N–H and O–H groups in total. The molecule has 1 aromatic heterocycles. The summed E-state index contributed by atoms with van der Waals surface area (Å²) in [6.45, 7) is 18.5. The Labute approximate surface area is 326 Å². The Kier molecular flexibility index (Phi) is 7.99. The maximum absolute atomic E-state index is 6.95. The molecule has 0 amide bonds. The lowest BCUT2D eigenvalue weighted by molar-refractivity contribution is 0.559. The monoisotopic (exact) mass is 715 g/mol. The van der Waals surface area contributed by atoms with Crippen molar-refractivity contribution in [1.82, 2.24) is 0 Å². The summed E-state index contributed by atoms with van der Waals surface area (Å²) in [7, 11) is 0. The van der Waals surface area contributed by atoms with Gasteiger partial charge in [0, 0.05) is 27.6 Å². The summed E-state index contributed by atoms with van der Waals surface area (Å²) in [4.78, 5) is 2.49. The van der Waals surface area contributed by atoms with Crippen molar-refractivity contribution < 1.29 is 4.42 Å². The van der Waals surface area contributed by atoms with Crippen LogP contribution in [0.25, 0.3) is 55.3 Å². The zero-order valence-electron chi connectivity index (χ0n) is 33.3. The van der Waals surface area contributed by atoms with E-state index in [-0.39, 0.29) is 16.2 Å². The van der Waals surface area contributed by atoms with E-state index in [9.17, 15) is 0 Å². The molecule has 1 aliphatic rings. The molecule has 2 nitrogen and oxygen atoms in total. The van der Waals surface area contributed by atoms with Crippen LogP contribution in [-0.2, 0) is 16.2 Å². The molecule has 55 heavy (non-hydrogen) atoms. The SMILES string of the molecule is CC(C)(C)c1cc(C(C)(C)C)c2oc3cccc(N(c4ccc5c(c4)C(C)(C)c4ccccc4-5)c4ccc(-c5ccccc5)cc4-c4ccccc4)c3c2c1. The predicted octanol–water partition coefficient (Wildman–Crippen LogP) is 15.3. The minimum absolute atomic E-state index is 0.0409. The van der Waals surface area contributed by atoms with Gasteiger partial charge in [-0.25, -0.2) is 0 Å². The highest BCUT2D eigenvalue weighted by atomic mass is 16.3. The molecule has 7 aromatic carbocycles. The first-order valence-corrected chi connectivity index (χ1v) is 19.6. The average Bonchev–Trinajstić information content (AvgIpc) is 3.67. The Hall–Kier alpha value is -5.86. The Morgan fingerprint density at radius 3 is 1.87 bits per heavy atom. The van der Waals surface area contributed by atoms with Crippen molar-refractivity contribution in [3.8, 4) is 33.4 Å². The quantitative estimate of drug-likeness (QED) is 0.176. The van der Waals surface area contributed by atoms with Crippen molar-refractivity contribution in [3.63, 3.8) is 0 Å². The predicted molar refractivity (Wildman–Crippen MR) is 234 cm³/mol. The van der Waals surface area contributed by atoms with Gasteiger partial charge in [0.1, 0.15) is 11.2 Å². The van der Waals surface area contributed by atoms with Crippen LogP contribution in [0.5, 0.6) is 0 Å². The molecule has 272 valence electrons. The maximum atomic E-state index is 6.95. The zero-order valence-corrected chi connectivity index (χ0v) is 33.3. The smallest absolute Gasteiger partial charge is 0.139 e. The summed E-state index contributed by atoms with van der Waals surface area (Å²) in [5, 5.41) is 2.28. The molecule has 0 atom stereocenters. The summed E-state index contributed by atoms with van der Waals surface area (Å²) in [5.74, 6) is 0. The number of rotatable bonds is 5. The van der Waals surface area contributed by atoms with Crippen LogP contribution in [0, 0.1) is 0 Å². The number of hydrogen-bond donors (Lipinski definition) is 0. The fourth-order valence-corrected chi connectivity index (χ4v) is 8.72. The third-order valence-corrected chi connectivity index (χ3v) is 11.7. The minimum atomic E-state index is -0.148.